The summed E-state index contributed by atoms with van der Waals surface area (Å²) in [6.45, 7) is 0. The molecule has 0 aliphatic rings. The zero-order chi connectivity index (χ0) is 16.8. The Labute approximate surface area is 146 Å². The molecule has 3 aromatic rings. The molecule has 0 radical (unpaired) electrons. The fourth-order valence-corrected chi connectivity index (χ4v) is 2.65. The molecule has 1 atom stereocenters. The second-order valence-corrected chi connectivity index (χ2v) is 5.91. The Morgan fingerprint density at radius 3 is 2.33 bits per heavy atom. The summed E-state index contributed by atoms with van der Waals surface area (Å²) in [5.74, 6) is -0.0585. The van der Waals surface area contributed by atoms with Crippen molar-refractivity contribution >= 4 is 17.5 Å². The summed E-state index contributed by atoms with van der Waals surface area (Å²) in [5.41, 5.74) is 2.73. The van der Waals surface area contributed by atoms with E-state index in [-0.39, 0.29) is 11.9 Å². The molecular weight excluding hydrogens is 320 g/mol. The number of rotatable bonds is 5. The van der Waals surface area contributed by atoms with Gasteiger partial charge in [0.2, 0.25) is 5.91 Å². The van der Waals surface area contributed by atoms with E-state index in [1.54, 1.807) is 18.3 Å². The van der Waals surface area contributed by atoms with Gasteiger partial charge in [0, 0.05) is 11.2 Å². The Bertz CT molecular complexity index is 749. The molecule has 0 saturated carbocycles. The average molecular weight is 337 g/mol. The molecule has 0 aliphatic carbocycles. The first kappa shape index (κ1) is 16.2. The molecule has 1 aromatic heterocycles. The molecule has 1 N–H and O–H groups in total. The van der Waals surface area contributed by atoms with Crippen LogP contribution in [0.15, 0.2) is 79.0 Å². The lowest BCUT2D eigenvalue weighted by molar-refractivity contribution is -0.120. The molecule has 1 heterocycles. The summed E-state index contributed by atoms with van der Waals surface area (Å²) in [6.07, 6.45) is 2.03. The Morgan fingerprint density at radius 2 is 1.67 bits per heavy atom. The van der Waals surface area contributed by atoms with Gasteiger partial charge in [0.05, 0.1) is 18.2 Å². The highest BCUT2D eigenvalue weighted by Gasteiger charge is 2.17. The molecule has 0 aliphatic heterocycles. The first-order valence-corrected chi connectivity index (χ1v) is 8.10. The maximum absolute atomic E-state index is 12.5. The molecule has 3 rings (SSSR count). The second-order valence-electron chi connectivity index (χ2n) is 5.47. The quantitative estimate of drug-likeness (QED) is 0.759. The SMILES string of the molecule is O=C(Cc1ccc(Cl)cc1)N[C@H](c1ccccc1)c1ccccn1. The van der Waals surface area contributed by atoms with E-state index in [2.05, 4.69) is 10.3 Å². The number of hydrogen-bond donors (Lipinski definition) is 1. The highest BCUT2D eigenvalue weighted by molar-refractivity contribution is 6.30. The number of hydrogen-bond acceptors (Lipinski definition) is 2. The highest BCUT2D eigenvalue weighted by Crippen LogP contribution is 2.20. The van der Waals surface area contributed by atoms with Crippen molar-refractivity contribution in [2.75, 3.05) is 0 Å². The third kappa shape index (κ3) is 4.21. The smallest absolute Gasteiger partial charge is 0.225 e. The van der Waals surface area contributed by atoms with Gasteiger partial charge in [-0.25, -0.2) is 0 Å². The van der Waals surface area contributed by atoms with E-state index in [0.29, 0.717) is 11.4 Å². The molecule has 1 amide bonds. The van der Waals surface area contributed by atoms with E-state index >= 15 is 0 Å². The molecule has 0 saturated heterocycles. The third-order valence-corrected chi connectivity index (χ3v) is 3.95. The Hall–Kier alpha value is -2.65. The van der Waals surface area contributed by atoms with E-state index in [1.165, 1.54) is 0 Å². The Kier molecular flexibility index (Phi) is 5.24. The van der Waals surface area contributed by atoms with Crippen molar-refractivity contribution in [3.63, 3.8) is 0 Å². The van der Waals surface area contributed by atoms with Gasteiger partial charge in [-0.05, 0) is 35.4 Å². The van der Waals surface area contributed by atoms with Gasteiger partial charge in [-0.2, -0.15) is 0 Å². The molecule has 0 bridgehead atoms. The van der Waals surface area contributed by atoms with Crippen LogP contribution in [0.5, 0.6) is 0 Å². The molecule has 120 valence electrons. The van der Waals surface area contributed by atoms with Gasteiger partial charge in [-0.3, -0.25) is 9.78 Å². The van der Waals surface area contributed by atoms with Gasteiger partial charge in [-0.15, -0.1) is 0 Å². The standard InChI is InChI=1S/C20H17ClN2O/c21-17-11-9-15(10-12-17)14-19(24)23-20(16-6-2-1-3-7-16)18-8-4-5-13-22-18/h1-13,20H,14H2,(H,23,24)/t20-/m1/s1. The summed E-state index contributed by atoms with van der Waals surface area (Å²) >= 11 is 5.88. The van der Waals surface area contributed by atoms with Crippen LogP contribution in [0.1, 0.15) is 22.9 Å². The zero-order valence-corrected chi connectivity index (χ0v) is 13.8. The number of aromatic nitrogens is 1. The summed E-state index contributed by atoms with van der Waals surface area (Å²) < 4.78 is 0. The van der Waals surface area contributed by atoms with Crippen molar-refractivity contribution in [1.29, 1.82) is 0 Å². The van der Waals surface area contributed by atoms with Crippen LogP contribution in [0, 0.1) is 0 Å². The maximum Gasteiger partial charge on any atom is 0.225 e. The first-order chi connectivity index (χ1) is 11.7. The van der Waals surface area contributed by atoms with E-state index in [0.717, 1.165) is 16.8 Å². The molecule has 4 heteroatoms. The van der Waals surface area contributed by atoms with E-state index < -0.39 is 0 Å². The van der Waals surface area contributed by atoms with Crippen molar-refractivity contribution < 1.29 is 4.79 Å². The fraction of sp³-hybridized carbons (Fsp3) is 0.100. The molecule has 0 unspecified atom stereocenters. The minimum atomic E-state index is -0.271. The summed E-state index contributed by atoms with van der Waals surface area (Å²) in [4.78, 5) is 16.9. The highest BCUT2D eigenvalue weighted by atomic mass is 35.5. The Balaban J connectivity index is 1.79. The first-order valence-electron chi connectivity index (χ1n) is 7.72. The topological polar surface area (TPSA) is 42.0 Å². The molecule has 3 nitrogen and oxygen atoms in total. The van der Waals surface area contributed by atoms with Gasteiger partial charge < -0.3 is 5.32 Å². The lowest BCUT2D eigenvalue weighted by Crippen LogP contribution is -2.31. The number of benzene rings is 2. The number of carbonyl (C=O) groups excluding carboxylic acids is 1. The van der Waals surface area contributed by atoms with Crippen LogP contribution in [0.2, 0.25) is 5.02 Å². The molecule has 24 heavy (non-hydrogen) atoms. The van der Waals surface area contributed by atoms with Crippen molar-refractivity contribution in [3.05, 3.63) is 101 Å². The van der Waals surface area contributed by atoms with Crippen LogP contribution in [0.3, 0.4) is 0 Å². The average Bonchev–Trinajstić information content (AvgIpc) is 2.63. The van der Waals surface area contributed by atoms with Crippen molar-refractivity contribution in [1.82, 2.24) is 10.3 Å². The number of carbonyl (C=O) groups is 1. The number of halogens is 1. The largest absolute Gasteiger partial charge is 0.343 e. The molecule has 0 fully saturated rings. The maximum atomic E-state index is 12.5. The minimum Gasteiger partial charge on any atom is -0.343 e. The molecule has 2 aromatic carbocycles. The minimum absolute atomic E-state index is 0.0585. The van der Waals surface area contributed by atoms with Gasteiger partial charge in [0.15, 0.2) is 0 Å². The van der Waals surface area contributed by atoms with Crippen LogP contribution in [0.4, 0.5) is 0 Å². The molecular formula is C20H17ClN2O. The number of nitrogens with one attached hydrogen (secondary N) is 1. The lowest BCUT2D eigenvalue weighted by atomic mass is 10.0. The second kappa shape index (κ2) is 7.75. The van der Waals surface area contributed by atoms with Crippen molar-refractivity contribution in [2.45, 2.75) is 12.5 Å². The number of pyridine rings is 1. The Morgan fingerprint density at radius 1 is 0.958 bits per heavy atom. The zero-order valence-electron chi connectivity index (χ0n) is 13.0. The van der Waals surface area contributed by atoms with Crippen LogP contribution in [0.25, 0.3) is 0 Å². The predicted molar refractivity (Wildman–Crippen MR) is 95.8 cm³/mol. The van der Waals surface area contributed by atoms with Gasteiger partial charge >= 0.3 is 0 Å². The monoisotopic (exact) mass is 336 g/mol. The van der Waals surface area contributed by atoms with E-state index in [9.17, 15) is 4.79 Å². The lowest BCUT2D eigenvalue weighted by Gasteiger charge is -2.19. The molecule has 0 spiro atoms. The van der Waals surface area contributed by atoms with Gasteiger partial charge in [-0.1, -0.05) is 60.1 Å². The third-order valence-electron chi connectivity index (χ3n) is 3.70. The predicted octanol–water partition coefficient (Wildman–Crippen LogP) is 4.18. The summed E-state index contributed by atoms with van der Waals surface area (Å²) in [6, 6.07) is 22.6. The van der Waals surface area contributed by atoms with Gasteiger partial charge in [0.1, 0.15) is 0 Å². The summed E-state index contributed by atoms with van der Waals surface area (Å²) in [7, 11) is 0. The number of nitrogens with zero attached hydrogens (tertiary/aromatic N) is 1. The fourth-order valence-electron chi connectivity index (χ4n) is 2.52. The van der Waals surface area contributed by atoms with Crippen molar-refractivity contribution in [3.8, 4) is 0 Å². The normalized spacial score (nSPS) is 11.7. The summed E-state index contributed by atoms with van der Waals surface area (Å²) in [5, 5.41) is 3.74. The van der Waals surface area contributed by atoms with Gasteiger partial charge in [0.25, 0.3) is 0 Å². The van der Waals surface area contributed by atoms with E-state index in [1.807, 2.05) is 60.7 Å². The number of amides is 1. The van der Waals surface area contributed by atoms with Crippen LogP contribution in [-0.2, 0) is 11.2 Å². The van der Waals surface area contributed by atoms with Crippen molar-refractivity contribution in [2.24, 2.45) is 0 Å². The van der Waals surface area contributed by atoms with Crippen LogP contribution >= 0.6 is 11.6 Å². The van der Waals surface area contributed by atoms with Crippen LogP contribution < -0.4 is 5.32 Å². The van der Waals surface area contributed by atoms with E-state index in [4.69, 9.17) is 11.6 Å². The van der Waals surface area contributed by atoms with Crippen LogP contribution in [-0.4, -0.2) is 10.9 Å².